The zero-order chi connectivity index (χ0) is 24.0. The maximum Gasteiger partial charge on any atom is 0.257 e. The van der Waals surface area contributed by atoms with E-state index in [9.17, 15) is 4.79 Å². The minimum atomic E-state index is -0.285. The third-order valence-electron chi connectivity index (χ3n) is 5.75. The zero-order valence-electron chi connectivity index (χ0n) is 19.2. The van der Waals surface area contributed by atoms with Gasteiger partial charge in [-0.05, 0) is 24.3 Å². The molecule has 0 radical (unpaired) electrons. The standard InChI is InChI=1S/C24H25N9O2/c1-35-16-20-15-31(21-4-2-3-7-26-21)10-11-33(20)24-28-13-19(14-29-24)30-23(34)18-5-6-22(27-12-18)32-9-8-25-17-32/h2-9,12-14,17,20H,10-11,15-16H2,1H3,(H,30,34)/t20-/m1/s1. The molecule has 4 aromatic heterocycles. The van der Waals surface area contributed by atoms with Crippen molar-refractivity contribution in [3.8, 4) is 5.82 Å². The molecule has 0 aromatic carbocycles. The van der Waals surface area contributed by atoms with Crippen LogP contribution in [0.5, 0.6) is 0 Å². The van der Waals surface area contributed by atoms with Crippen LogP contribution in [-0.2, 0) is 4.74 Å². The van der Waals surface area contributed by atoms with Crippen molar-refractivity contribution in [1.29, 1.82) is 0 Å². The summed E-state index contributed by atoms with van der Waals surface area (Å²) in [6.45, 7) is 2.80. The van der Waals surface area contributed by atoms with Gasteiger partial charge in [-0.3, -0.25) is 9.36 Å². The van der Waals surface area contributed by atoms with E-state index in [1.54, 1.807) is 61.1 Å². The van der Waals surface area contributed by atoms with Crippen molar-refractivity contribution in [2.24, 2.45) is 0 Å². The summed E-state index contributed by atoms with van der Waals surface area (Å²) in [7, 11) is 1.69. The van der Waals surface area contributed by atoms with Crippen molar-refractivity contribution >= 4 is 23.4 Å². The fourth-order valence-corrected chi connectivity index (χ4v) is 4.01. The average Bonchev–Trinajstić information content (AvgIpc) is 3.45. The normalized spacial score (nSPS) is 15.7. The van der Waals surface area contributed by atoms with Gasteiger partial charge in [0.2, 0.25) is 5.95 Å². The number of carbonyl (C=O) groups is 1. The number of nitrogens with zero attached hydrogens (tertiary/aromatic N) is 8. The summed E-state index contributed by atoms with van der Waals surface area (Å²) in [5.41, 5.74) is 0.941. The van der Waals surface area contributed by atoms with Crippen LogP contribution in [0.3, 0.4) is 0 Å². The Bertz CT molecular complexity index is 1230. The average molecular weight is 472 g/mol. The largest absolute Gasteiger partial charge is 0.382 e. The van der Waals surface area contributed by atoms with Gasteiger partial charge in [-0.2, -0.15) is 0 Å². The Hall–Kier alpha value is -4.38. The molecule has 11 nitrogen and oxygen atoms in total. The highest BCUT2D eigenvalue weighted by Crippen LogP contribution is 2.21. The molecule has 4 aromatic rings. The first-order valence-electron chi connectivity index (χ1n) is 11.2. The molecular formula is C24H25N9O2. The topological polar surface area (TPSA) is 114 Å². The lowest BCUT2D eigenvalue weighted by molar-refractivity contribution is 0.102. The number of methoxy groups -OCH3 is 1. The van der Waals surface area contributed by atoms with E-state index in [1.165, 1.54) is 6.20 Å². The second-order valence-corrected chi connectivity index (χ2v) is 8.04. The Morgan fingerprint density at radius 1 is 1.03 bits per heavy atom. The van der Waals surface area contributed by atoms with Gasteiger partial charge in [-0.25, -0.2) is 24.9 Å². The molecular weight excluding hydrogens is 446 g/mol. The lowest BCUT2D eigenvalue weighted by Gasteiger charge is -2.41. The molecule has 0 saturated carbocycles. The van der Waals surface area contributed by atoms with Crippen LogP contribution >= 0.6 is 0 Å². The fourth-order valence-electron chi connectivity index (χ4n) is 4.01. The first-order valence-corrected chi connectivity index (χ1v) is 11.2. The fraction of sp³-hybridized carbons (Fsp3) is 0.250. The maximum absolute atomic E-state index is 12.6. The van der Waals surface area contributed by atoms with E-state index >= 15 is 0 Å². The molecule has 1 atom stereocenters. The number of hydrogen-bond acceptors (Lipinski definition) is 9. The number of nitrogens with one attached hydrogen (secondary N) is 1. The summed E-state index contributed by atoms with van der Waals surface area (Å²) in [5.74, 6) is 1.93. The van der Waals surface area contributed by atoms with E-state index in [-0.39, 0.29) is 11.9 Å². The van der Waals surface area contributed by atoms with Crippen LogP contribution < -0.4 is 15.1 Å². The van der Waals surface area contributed by atoms with E-state index in [0.29, 0.717) is 29.6 Å². The predicted octanol–water partition coefficient (Wildman–Crippen LogP) is 2.05. The number of carbonyl (C=O) groups excluding carboxylic acids is 1. The number of imidazole rings is 1. The van der Waals surface area contributed by atoms with Gasteiger partial charge in [0.05, 0.1) is 36.3 Å². The van der Waals surface area contributed by atoms with E-state index in [0.717, 1.165) is 25.5 Å². The van der Waals surface area contributed by atoms with Crippen LogP contribution in [0.4, 0.5) is 17.5 Å². The Kier molecular flexibility index (Phi) is 6.57. The number of ether oxygens (including phenoxy) is 1. The van der Waals surface area contributed by atoms with Crippen LogP contribution in [-0.4, -0.2) is 74.8 Å². The van der Waals surface area contributed by atoms with Gasteiger partial charge >= 0.3 is 0 Å². The van der Waals surface area contributed by atoms with Gasteiger partial charge in [0.15, 0.2) is 0 Å². The highest BCUT2D eigenvalue weighted by Gasteiger charge is 2.29. The second kappa shape index (κ2) is 10.3. The SMILES string of the molecule is COC[C@H]1CN(c2ccccn2)CCN1c1ncc(NC(=O)c2ccc(-n3ccnc3)nc2)cn1. The molecule has 5 heterocycles. The van der Waals surface area contributed by atoms with Gasteiger partial charge < -0.3 is 19.9 Å². The van der Waals surface area contributed by atoms with Crippen LogP contribution in [0.2, 0.25) is 0 Å². The Balaban J connectivity index is 1.23. The van der Waals surface area contributed by atoms with Crippen molar-refractivity contribution in [2.75, 3.05) is 48.5 Å². The summed E-state index contributed by atoms with van der Waals surface area (Å²) in [5, 5.41) is 2.82. The smallest absolute Gasteiger partial charge is 0.257 e. The molecule has 1 aliphatic rings. The summed E-state index contributed by atoms with van der Waals surface area (Å²) in [4.78, 5) is 38.8. The number of rotatable bonds is 7. The van der Waals surface area contributed by atoms with Crippen molar-refractivity contribution in [1.82, 2.24) is 29.5 Å². The Labute approximate surface area is 202 Å². The van der Waals surface area contributed by atoms with Crippen LogP contribution in [0.25, 0.3) is 5.82 Å². The van der Waals surface area contributed by atoms with Gasteiger partial charge in [0.1, 0.15) is 18.0 Å². The molecule has 5 rings (SSSR count). The number of hydrogen-bond donors (Lipinski definition) is 1. The Morgan fingerprint density at radius 2 is 1.91 bits per heavy atom. The molecule has 11 heteroatoms. The summed E-state index contributed by atoms with van der Waals surface area (Å²) >= 11 is 0. The number of pyridine rings is 2. The van der Waals surface area contributed by atoms with Gasteiger partial charge in [0.25, 0.3) is 5.91 Å². The van der Waals surface area contributed by atoms with E-state index in [4.69, 9.17) is 4.74 Å². The van der Waals surface area contributed by atoms with Crippen molar-refractivity contribution in [3.63, 3.8) is 0 Å². The minimum absolute atomic E-state index is 0.0660. The second-order valence-electron chi connectivity index (χ2n) is 8.04. The van der Waals surface area contributed by atoms with Crippen molar-refractivity contribution in [3.05, 3.63) is 79.4 Å². The molecule has 1 aliphatic heterocycles. The lowest BCUT2D eigenvalue weighted by Crippen LogP contribution is -2.56. The molecule has 178 valence electrons. The van der Waals surface area contributed by atoms with Crippen LogP contribution in [0, 0.1) is 0 Å². The lowest BCUT2D eigenvalue weighted by atomic mass is 10.2. The highest BCUT2D eigenvalue weighted by atomic mass is 16.5. The first-order chi connectivity index (χ1) is 17.2. The summed E-state index contributed by atoms with van der Waals surface area (Å²) < 4.78 is 7.23. The summed E-state index contributed by atoms with van der Waals surface area (Å²) in [6.07, 6.45) is 11.7. The number of aromatic nitrogens is 6. The number of piperazine rings is 1. The zero-order valence-corrected chi connectivity index (χ0v) is 19.2. The molecule has 1 amide bonds. The molecule has 0 bridgehead atoms. The Morgan fingerprint density at radius 3 is 2.60 bits per heavy atom. The molecule has 1 N–H and O–H groups in total. The molecule has 35 heavy (non-hydrogen) atoms. The van der Waals surface area contributed by atoms with Crippen LogP contribution in [0.1, 0.15) is 10.4 Å². The van der Waals surface area contributed by atoms with Gasteiger partial charge in [0, 0.05) is 51.5 Å². The van der Waals surface area contributed by atoms with E-state index in [2.05, 4.69) is 40.0 Å². The maximum atomic E-state index is 12.6. The van der Waals surface area contributed by atoms with E-state index in [1.807, 2.05) is 18.2 Å². The predicted molar refractivity (Wildman–Crippen MR) is 131 cm³/mol. The monoisotopic (exact) mass is 471 g/mol. The van der Waals surface area contributed by atoms with Gasteiger partial charge in [-0.15, -0.1) is 0 Å². The van der Waals surface area contributed by atoms with Crippen LogP contribution in [0.15, 0.2) is 73.8 Å². The van der Waals surface area contributed by atoms with E-state index < -0.39 is 0 Å². The molecule has 1 fully saturated rings. The molecule has 0 spiro atoms. The first kappa shape index (κ1) is 22.4. The van der Waals surface area contributed by atoms with Crippen molar-refractivity contribution in [2.45, 2.75) is 6.04 Å². The van der Waals surface area contributed by atoms with Crippen molar-refractivity contribution < 1.29 is 9.53 Å². The van der Waals surface area contributed by atoms with Gasteiger partial charge in [-0.1, -0.05) is 6.07 Å². The molecule has 1 saturated heterocycles. The molecule has 0 unspecified atom stereocenters. The number of anilines is 3. The molecule has 0 aliphatic carbocycles. The highest BCUT2D eigenvalue weighted by molar-refractivity contribution is 6.03. The third kappa shape index (κ3) is 5.09. The summed E-state index contributed by atoms with van der Waals surface area (Å²) in [6, 6.07) is 9.44. The quantitative estimate of drug-likeness (QED) is 0.432. The number of amides is 1. The third-order valence-corrected chi connectivity index (χ3v) is 5.75. The minimum Gasteiger partial charge on any atom is -0.382 e.